The number of carbonyl (C=O) groups is 1. The van der Waals surface area contributed by atoms with Crippen LogP contribution < -0.4 is 20.7 Å². The molecule has 44 heavy (non-hydrogen) atoms. The molecule has 0 radical (unpaired) electrons. The number of hydrogen-bond donors (Lipinski definition) is 2. The normalized spacial score (nSPS) is 14.1. The van der Waals surface area contributed by atoms with Crippen molar-refractivity contribution in [1.29, 1.82) is 0 Å². The summed E-state index contributed by atoms with van der Waals surface area (Å²) in [6, 6.07) is 12.8. The molecule has 3 heterocycles. The number of primary amides is 1. The molecule has 12 nitrogen and oxygen atoms in total. The van der Waals surface area contributed by atoms with Crippen LogP contribution >= 0.6 is 0 Å². The minimum atomic E-state index is -3.77. The maximum absolute atomic E-state index is 13.1. The van der Waals surface area contributed by atoms with Gasteiger partial charge in [-0.3, -0.25) is 4.79 Å². The summed E-state index contributed by atoms with van der Waals surface area (Å²) in [6.07, 6.45) is 8.66. The number of amides is 1. The minimum Gasteiger partial charge on any atom is -0.494 e. The van der Waals surface area contributed by atoms with Gasteiger partial charge in [0.05, 0.1) is 24.0 Å². The van der Waals surface area contributed by atoms with Gasteiger partial charge in [0.25, 0.3) is 0 Å². The van der Waals surface area contributed by atoms with E-state index in [0.29, 0.717) is 28.2 Å². The second-order valence-corrected chi connectivity index (χ2v) is 12.9. The smallest absolute Gasteiger partial charge is 0.307 e. The zero-order valence-electron chi connectivity index (χ0n) is 25.4. The molecule has 3 N–H and O–H groups in total. The average Bonchev–Trinajstić information content (AvgIpc) is 3.67. The summed E-state index contributed by atoms with van der Waals surface area (Å²) >= 11 is 0. The number of rotatable bonds is 12. The second kappa shape index (κ2) is 13.0. The third-order valence-electron chi connectivity index (χ3n) is 7.70. The molecule has 2 aromatic carbocycles. The van der Waals surface area contributed by atoms with Crippen LogP contribution in [0.2, 0.25) is 0 Å². The molecule has 0 saturated carbocycles. The number of para-hydroxylation sites is 1. The molecule has 4 aromatic rings. The number of nitrogens with one attached hydrogen (secondary N) is 1. The third kappa shape index (κ3) is 6.54. The van der Waals surface area contributed by atoms with Crippen molar-refractivity contribution >= 4 is 50.4 Å². The van der Waals surface area contributed by atoms with Gasteiger partial charge in [0.1, 0.15) is 5.75 Å². The molecule has 1 saturated heterocycles. The van der Waals surface area contributed by atoms with Crippen LogP contribution in [0.25, 0.3) is 28.2 Å². The van der Waals surface area contributed by atoms with Gasteiger partial charge >= 0.3 is 10.2 Å². The number of likely N-dealkylation sites (tertiary alicyclic amines) is 1. The van der Waals surface area contributed by atoms with Gasteiger partial charge in [-0.15, -0.1) is 0 Å². The number of ether oxygens (including phenoxy) is 1. The molecule has 0 spiro atoms. The summed E-state index contributed by atoms with van der Waals surface area (Å²) in [6.45, 7) is 3.96. The Bertz CT molecular complexity index is 1800. The Balaban J connectivity index is 1.50. The van der Waals surface area contributed by atoms with E-state index in [1.165, 1.54) is 41.3 Å². The van der Waals surface area contributed by atoms with Gasteiger partial charge in [0, 0.05) is 81.0 Å². The van der Waals surface area contributed by atoms with Gasteiger partial charge in [0.15, 0.2) is 0 Å². The molecule has 13 heteroatoms. The number of anilines is 3. The Morgan fingerprint density at radius 2 is 1.89 bits per heavy atom. The summed E-state index contributed by atoms with van der Waals surface area (Å²) in [4.78, 5) is 25.4. The number of hydrogen-bond acceptors (Lipinski definition) is 9. The number of likely N-dealkylation sites (N-methyl/N-ethyl adjacent to an activating group) is 1. The maximum atomic E-state index is 13.1. The van der Waals surface area contributed by atoms with Crippen LogP contribution in [0, 0.1) is 0 Å². The van der Waals surface area contributed by atoms with Crippen LogP contribution in [0.4, 0.5) is 17.3 Å². The van der Waals surface area contributed by atoms with Crippen LogP contribution in [0.5, 0.6) is 5.75 Å². The van der Waals surface area contributed by atoms with E-state index in [1.807, 2.05) is 31.3 Å². The molecule has 2 aromatic heterocycles. The van der Waals surface area contributed by atoms with Gasteiger partial charge in [-0.05, 0) is 50.2 Å². The number of nitrogens with two attached hydrogens (primary N) is 1. The quantitative estimate of drug-likeness (QED) is 0.228. The number of nitrogens with zero attached hydrogens (tertiary/aromatic N) is 6. The Hall–Kier alpha value is -4.46. The van der Waals surface area contributed by atoms with E-state index >= 15 is 0 Å². The lowest BCUT2D eigenvalue weighted by atomic mass is 10.1. The molecular weight excluding hydrogens is 580 g/mol. The zero-order valence-corrected chi connectivity index (χ0v) is 26.2. The Morgan fingerprint density at radius 3 is 2.59 bits per heavy atom. The molecule has 1 aliphatic rings. The highest BCUT2D eigenvalue weighted by Crippen LogP contribution is 2.36. The lowest BCUT2D eigenvalue weighted by molar-refractivity contribution is -0.113. The monoisotopic (exact) mass is 618 g/mol. The first-order valence-corrected chi connectivity index (χ1v) is 15.7. The van der Waals surface area contributed by atoms with Crippen molar-refractivity contribution in [2.75, 3.05) is 64.6 Å². The molecule has 0 bridgehead atoms. The van der Waals surface area contributed by atoms with Gasteiger partial charge in [-0.1, -0.05) is 18.2 Å². The highest BCUT2D eigenvalue weighted by molar-refractivity contribution is 7.87. The molecule has 1 amide bonds. The number of fused-ring (bicyclic) bond motifs is 1. The minimum absolute atomic E-state index is 0.285. The third-order valence-corrected chi connectivity index (χ3v) is 9.43. The standard InChI is InChI=1S/C31H38N8O4S/c1-36(2)44(41,42)39-21-24(23-9-5-6-10-27(23)39)25-13-14-33-31(34-25)35-26-19-22(11-12-30(32)40)28(20-29(26)43-4)37(3)17-18-38-15-7-8-16-38/h5-6,9-14,19-21H,7-8,15-18H2,1-4H3,(H2,32,40)(H,33,34,35). The van der Waals surface area contributed by atoms with Gasteiger partial charge in [-0.2, -0.15) is 12.7 Å². The average molecular weight is 619 g/mol. The predicted octanol–water partition coefficient (Wildman–Crippen LogP) is 3.54. The highest BCUT2D eigenvalue weighted by atomic mass is 32.2. The van der Waals surface area contributed by atoms with Gasteiger partial charge in [0.2, 0.25) is 11.9 Å². The van der Waals surface area contributed by atoms with Gasteiger partial charge < -0.3 is 25.6 Å². The maximum Gasteiger partial charge on any atom is 0.307 e. The van der Waals surface area contributed by atoms with Crippen LogP contribution in [0.3, 0.4) is 0 Å². The van der Waals surface area contributed by atoms with E-state index in [2.05, 4.69) is 20.1 Å². The number of carbonyl (C=O) groups excluding carboxylic acids is 1. The highest BCUT2D eigenvalue weighted by Gasteiger charge is 2.22. The van der Waals surface area contributed by atoms with Crippen LogP contribution in [0.15, 0.2) is 60.9 Å². The van der Waals surface area contributed by atoms with Crippen molar-refractivity contribution in [3.8, 4) is 17.0 Å². The van der Waals surface area contributed by atoms with E-state index in [-0.39, 0.29) is 5.95 Å². The van der Waals surface area contributed by atoms with Crippen LogP contribution in [-0.4, -0.2) is 91.9 Å². The first-order chi connectivity index (χ1) is 21.1. The predicted molar refractivity (Wildman–Crippen MR) is 174 cm³/mol. The molecule has 0 atom stereocenters. The molecule has 232 valence electrons. The van der Waals surface area contributed by atoms with E-state index in [4.69, 9.17) is 15.5 Å². The van der Waals surface area contributed by atoms with Crippen molar-refractivity contribution in [3.05, 3.63) is 66.5 Å². The zero-order chi connectivity index (χ0) is 31.4. The first-order valence-electron chi connectivity index (χ1n) is 14.3. The van der Waals surface area contributed by atoms with E-state index in [9.17, 15) is 13.2 Å². The number of methoxy groups -OCH3 is 1. The van der Waals surface area contributed by atoms with Crippen LogP contribution in [-0.2, 0) is 15.0 Å². The SMILES string of the molecule is COc1cc(N(C)CCN2CCCC2)c(C=CC(N)=O)cc1Nc1nccc(-c2cn(S(=O)(=O)N(C)C)c3ccccc23)n1. The summed E-state index contributed by atoms with van der Waals surface area (Å²) < 4.78 is 34.3. The van der Waals surface area contributed by atoms with Crippen molar-refractivity contribution in [2.45, 2.75) is 12.8 Å². The van der Waals surface area contributed by atoms with Crippen LogP contribution in [0.1, 0.15) is 18.4 Å². The second-order valence-electron chi connectivity index (χ2n) is 10.9. The first kappa shape index (κ1) is 31.0. The lowest BCUT2D eigenvalue weighted by Crippen LogP contribution is -2.31. The molecule has 0 aliphatic carbocycles. The van der Waals surface area contributed by atoms with E-state index in [1.54, 1.807) is 43.8 Å². The number of benzene rings is 2. The fraction of sp³-hybridized carbons (Fsp3) is 0.323. The van der Waals surface area contributed by atoms with Crippen molar-refractivity contribution in [1.82, 2.24) is 23.1 Å². The number of aromatic nitrogens is 3. The summed E-state index contributed by atoms with van der Waals surface area (Å²) in [5.41, 5.74) is 9.39. The lowest BCUT2D eigenvalue weighted by Gasteiger charge is -2.26. The molecular formula is C31H38N8O4S. The molecule has 1 fully saturated rings. The molecule has 1 aliphatic heterocycles. The Labute approximate surface area is 257 Å². The van der Waals surface area contributed by atoms with Crippen molar-refractivity contribution in [3.63, 3.8) is 0 Å². The fourth-order valence-electron chi connectivity index (χ4n) is 5.32. The van der Waals surface area contributed by atoms with E-state index < -0.39 is 16.1 Å². The Morgan fingerprint density at radius 1 is 1.14 bits per heavy atom. The van der Waals surface area contributed by atoms with Crippen molar-refractivity contribution < 1.29 is 17.9 Å². The van der Waals surface area contributed by atoms with Crippen molar-refractivity contribution in [2.24, 2.45) is 5.73 Å². The van der Waals surface area contributed by atoms with Gasteiger partial charge in [-0.25, -0.2) is 13.9 Å². The molecule has 0 unspecified atom stereocenters. The summed E-state index contributed by atoms with van der Waals surface area (Å²) in [5.74, 6) is 0.299. The molecule has 5 rings (SSSR count). The Kier molecular flexibility index (Phi) is 9.18. The van der Waals surface area contributed by atoms with E-state index in [0.717, 1.165) is 42.8 Å². The summed E-state index contributed by atoms with van der Waals surface area (Å²) in [5, 5.41) is 3.99. The summed E-state index contributed by atoms with van der Waals surface area (Å²) in [7, 11) is 2.82. The largest absolute Gasteiger partial charge is 0.494 e. The fourth-order valence-corrected chi connectivity index (χ4v) is 6.31. The topological polar surface area (TPSA) is 139 Å².